The number of rotatable bonds is 4. The molecule has 2 rings (SSSR count). The molecule has 1 aromatic carbocycles. The van der Waals surface area contributed by atoms with Crippen LogP contribution in [0, 0.1) is 5.21 Å². The van der Waals surface area contributed by atoms with E-state index in [9.17, 15) is 10.4 Å². The standard InChI is InChI=1S/C13H12Br2N2O2/c14-12(13(15)10-6-3-4-8-16-10)9-5-1-2-7-11(9)17(18)19/h1-8,12-13,17-18H/t12-,13+/m0/s1. The molecule has 3 atom stereocenters. The summed E-state index contributed by atoms with van der Waals surface area (Å²) >= 11 is 7.13. The molecular weight excluding hydrogens is 376 g/mol. The number of hydrogen-bond acceptors (Lipinski definition) is 3. The lowest BCUT2D eigenvalue weighted by atomic mass is 10.1. The van der Waals surface area contributed by atoms with Crippen LogP contribution >= 0.6 is 31.9 Å². The van der Waals surface area contributed by atoms with Gasteiger partial charge < -0.3 is 5.21 Å². The monoisotopic (exact) mass is 386 g/mol. The number of halogens is 2. The SMILES string of the molecule is [O-][NH+](O)c1ccccc1[C@H](Br)[C@H](Br)c1ccccn1. The minimum Gasteiger partial charge on any atom is -0.595 e. The first-order valence-electron chi connectivity index (χ1n) is 5.62. The van der Waals surface area contributed by atoms with Gasteiger partial charge in [-0.15, -0.1) is 0 Å². The van der Waals surface area contributed by atoms with Crippen LogP contribution in [0.25, 0.3) is 0 Å². The number of pyridine rings is 1. The van der Waals surface area contributed by atoms with E-state index in [1.165, 1.54) is 0 Å². The second-order valence-corrected chi connectivity index (χ2v) is 5.92. The zero-order valence-electron chi connectivity index (χ0n) is 9.83. The average molecular weight is 388 g/mol. The summed E-state index contributed by atoms with van der Waals surface area (Å²) in [6.45, 7) is 0. The van der Waals surface area contributed by atoms with Crippen LogP contribution in [0.15, 0.2) is 48.7 Å². The lowest BCUT2D eigenvalue weighted by Gasteiger charge is -2.21. The fraction of sp³-hybridized carbons (Fsp3) is 0.154. The van der Waals surface area contributed by atoms with E-state index in [0.29, 0.717) is 5.69 Å². The molecule has 0 aliphatic heterocycles. The predicted octanol–water partition coefficient (Wildman–Crippen LogP) is 3.06. The molecule has 0 aliphatic rings. The molecule has 0 aliphatic carbocycles. The minimum absolute atomic E-state index is 0.103. The number of para-hydroxylation sites is 1. The fourth-order valence-corrected chi connectivity index (χ4v) is 3.00. The van der Waals surface area contributed by atoms with Crippen LogP contribution in [0.2, 0.25) is 0 Å². The molecule has 0 bridgehead atoms. The Kier molecular flexibility index (Phi) is 5.06. The van der Waals surface area contributed by atoms with E-state index < -0.39 is 5.23 Å². The molecule has 0 radical (unpaired) electrons. The van der Waals surface area contributed by atoms with Gasteiger partial charge in [0.05, 0.1) is 15.3 Å². The molecule has 0 saturated heterocycles. The first kappa shape index (κ1) is 14.6. The molecule has 1 unspecified atom stereocenters. The normalized spacial score (nSPS) is 15.8. The molecule has 1 aromatic heterocycles. The van der Waals surface area contributed by atoms with Crippen molar-refractivity contribution in [3.05, 3.63) is 65.1 Å². The van der Waals surface area contributed by atoms with Crippen LogP contribution in [-0.4, -0.2) is 10.2 Å². The zero-order chi connectivity index (χ0) is 13.8. The van der Waals surface area contributed by atoms with Gasteiger partial charge in [-0.05, 0) is 12.1 Å². The highest BCUT2D eigenvalue weighted by Crippen LogP contribution is 2.43. The molecule has 0 amide bonds. The Morgan fingerprint density at radius 1 is 1.05 bits per heavy atom. The van der Waals surface area contributed by atoms with Gasteiger partial charge in [0.25, 0.3) is 0 Å². The first-order valence-corrected chi connectivity index (χ1v) is 7.45. The quantitative estimate of drug-likeness (QED) is 0.626. The second-order valence-electron chi connectivity index (χ2n) is 3.95. The van der Waals surface area contributed by atoms with Crippen molar-refractivity contribution in [3.8, 4) is 0 Å². The van der Waals surface area contributed by atoms with Crippen molar-refractivity contribution in [2.45, 2.75) is 9.65 Å². The lowest BCUT2D eigenvalue weighted by molar-refractivity contribution is -0.991. The van der Waals surface area contributed by atoms with Gasteiger partial charge in [-0.1, -0.05) is 56.1 Å². The average Bonchev–Trinajstić information content (AvgIpc) is 2.46. The molecule has 4 nitrogen and oxygen atoms in total. The third-order valence-electron chi connectivity index (χ3n) is 2.72. The number of nitrogens with one attached hydrogen (secondary N) is 1. The van der Waals surface area contributed by atoms with Gasteiger partial charge in [0, 0.05) is 17.8 Å². The molecule has 2 N–H and O–H groups in total. The third kappa shape index (κ3) is 3.40. The number of quaternary nitrogens is 1. The van der Waals surface area contributed by atoms with Gasteiger partial charge in [0.15, 0.2) is 5.69 Å². The number of hydrogen-bond donors (Lipinski definition) is 2. The summed E-state index contributed by atoms with van der Waals surface area (Å²) in [6, 6.07) is 12.6. The number of nitrogens with zero attached hydrogens (tertiary/aromatic N) is 1. The van der Waals surface area contributed by atoms with Crippen molar-refractivity contribution < 1.29 is 10.4 Å². The summed E-state index contributed by atoms with van der Waals surface area (Å²) in [6.07, 6.45) is 1.71. The predicted molar refractivity (Wildman–Crippen MR) is 79.8 cm³/mol. The van der Waals surface area contributed by atoms with Gasteiger partial charge in [0.1, 0.15) is 0 Å². The maximum absolute atomic E-state index is 11.2. The summed E-state index contributed by atoms with van der Waals surface area (Å²) in [7, 11) is 0. The van der Waals surface area contributed by atoms with Crippen molar-refractivity contribution in [2.24, 2.45) is 0 Å². The van der Waals surface area contributed by atoms with Gasteiger partial charge in [-0.2, -0.15) is 5.23 Å². The van der Waals surface area contributed by atoms with Crippen LogP contribution in [0.5, 0.6) is 0 Å². The van der Waals surface area contributed by atoms with E-state index in [4.69, 9.17) is 0 Å². The summed E-state index contributed by atoms with van der Waals surface area (Å²) in [5.41, 5.74) is 1.87. The van der Waals surface area contributed by atoms with Crippen molar-refractivity contribution in [3.63, 3.8) is 0 Å². The maximum Gasteiger partial charge on any atom is 0.168 e. The third-order valence-corrected chi connectivity index (χ3v) is 5.44. The Hall–Kier alpha value is -0.790. The molecule has 6 heteroatoms. The molecule has 100 valence electrons. The second kappa shape index (κ2) is 6.58. The van der Waals surface area contributed by atoms with E-state index in [-0.39, 0.29) is 9.65 Å². The highest BCUT2D eigenvalue weighted by Gasteiger charge is 2.25. The molecule has 0 spiro atoms. The number of benzene rings is 1. The highest BCUT2D eigenvalue weighted by atomic mass is 79.9. The summed E-state index contributed by atoms with van der Waals surface area (Å²) in [4.78, 5) is 4.00. The summed E-state index contributed by atoms with van der Waals surface area (Å²) in [5, 5.41) is 19.5. The Balaban J connectivity index is 2.32. The molecule has 1 heterocycles. The highest BCUT2D eigenvalue weighted by molar-refractivity contribution is 9.12. The van der Waals surface area contributed by atoms with Crippen molar-refractivity contribution in [2.75, 3.05) is 0 Å². The maximum atomic E-state index is 11.2. The van der Waals surface area contributed by atoms with Crippen molar-refractivity contribution in [1.29, 1.82) is 0 Å². The van der Waals surface area contributed by atoms with Crippen LogP contribution in [0.3, 0.4) is 0 Å². The van der Waals surface area contributed by atoms with E-state index in [1.54, 1.807) is 24.4 Å². The Bertz CT molecular complexity index is 537. The molecule has 19 heavy (non-hydrogen) atoms. The number of alkyl halides is 2. The summed E-state index contributed by atoms with van der Waals surface area (Å²) < 4.78 is 0. The van der Waals surface area contributed by atoms with Crippen LogP contribution in [0.1, 0.15) is 20.9 Å². The largest absolute Gasteiger partial charge is 0.595 e. The zero-order valence-corrected chi connectivity index (χ0v) is 13.0. The van der Waals surface area contributed by atoms with Crippen molar-refractivity contribution >= 4 is 37.5 Å². The van der Waals surface area contributed by atoms with Crippen LogP contribution < -0.4 is 5.23 Å². The molecular formula is C13H12Br2N2O2. The van der Waals surface area contributed by atoms with Crippen LogP contribution in [0.4, 0.5) is 5.69 Å². The van der Waals surface area contributed by atoms with Gasteiger partial charge in [-0.25, -0.2) is 5.21 Å². The van der Waals surface area contributed by atoms with E-state index >= 15 is 0 Å². The molecule has 0 fully saturated rings. The van der Waals surface area contributed by atoms with Crippen molar-refractivity contribution in [1.82, 2.24) is 4.98 Å². The number of aromatic nitrogens is 1. The Labute approximate surface area is 127 Å². The van der Waals surface area contributed by atoms with E-state index in [1.807, 2.05) is 24.3 Å². The first-order chi connectivity index (χ1) is 9.11. The fourth-order valence-electron chi connectivity index (χ4n) is 1.78. The lowest BCUT2D eigenvalue weighted by Crippen LogP contribution is -2.99. The molecule has 2 aromatic rings. The van der Waals surface area contributed by atoms with Gasteiger partial charge >= 0.3 is 0 Å². The van der Waals surface area contributed by atoms with Gasteiger partial charge in [-0.3, -0.25) is 4.98 Å². The van der Waals surface area contributed by atoms with Gasteiger partial charge in [0.2, 0.25) is 0 Å². The smallest absolute Gasteiger partial charge is 0.168 e. The Morgan fingerprint density at radius 3 is 2.37 bits per heavy atom. The van der Waals surface area contributed by atoms with Crippen LogP contribution in [-0.2, 0) is 0 Å². The minimum atomic E-state index is -0.930. The van der Waals surface area contributed by atoms with E-state index in [2.05, 4.69) is 36.8 Å². The Morgan fingerprint density at radius 2 is 1.74 bits per heavy atom. The molecule has 0 saturated carbocycles. The summed E-state index contributed by atoms with van der Waals surface area (Å²) in [5.74, 6) is 0. The topological polar surface area (TPSA) is 60.6 Å². The van der Waals surface area contributed by atoms with E-state index in [0.717, 1.165) is 11.3 Å².